The van der Waals surface area contributed by atoms with Gasteiger partial charge in [-0.2, -0.15) is 0 Å². The molecule has 0 aliphatic carbocycles. The Bertz CT molecular complexity index is 1060. The van der Waals surface area contributed by atoms with Crippen LogP contribution in [0.3, 0.4) is 0 Å². The highest BCUT2D eigenvalue weighted by atomic mass is 32.2. The number of carbonyl (C=O) groups excluding carboxylic acids is 1. The molecule has 160 valence electrons. The van der Waals surface area contributed by atoms with Crippen molar-refractivity contribution in [1.82, 2.24) is 9.97 Å². The molecule has 0 radical (unpaired) electrons. The summed E-state index contributed by atoms with van der Waals surface area (Å²) in [4.78, 5) is 21.9. The fourth-order valence-electron chi connectivity index (χ4n) is 2.83. The maximum atomic E-state index is 12.4. The van der Waals surface area contributed by atoms with Crippen molar-refractivity contribution in [1.29, 1.82) is 0 Å². The van der Waals surface area contributed by atoms with Crippen LogP contribution in [-0.2, 0) is 4.79 Å². The summed E-state index contributed by atoms with van der Waals surface area (Å²) in [6.07, 6.45) is 6.56. The second-order valence-electron chi connectivity index (χ2n) is 6.39. The van der Waals surface area contributed by atoms with Crippen molar-refractivity contribution in [3.63, 3.8) is 0 Å². The van der Waals surface area contributed by atoms with Gasteiger partial charge in [-0.05, 0) is 72.3 Å². The zero-order valence-corrected chi connectivity index (χ0v) is 18.5. The maximum Gasteiger partial charge on any atom is 0.248 e. The highest BCUT2D eigenvalue weighted by molar-refractivity contribution is 7.99. The van der Waals surface area contributed by atoms with E-state index in [4.69, 9.17) is 14.2 Å². The predicted octanol–water partition coefficient (Wildman–Crippen LogP) is 4.61. The number of ether oxygens (including phenoxy) is 3. The smallest absolute Gasteiger partial charge is 0.248 e. The number of hydrogen-bond donors (Lipinski definition) is 1. The van der Waals surface area contributed by atoms with E-state index in [1.165, 1.54) is 17.8 Å². The Morgan fingerprint density at radius 3 is 2.26 bits per heavy atom. The Labute approximate surface area is 185 Å². The van der Waals surface area contributed by atoms with Gasteiger partial charge in [0.2, 0.25) is 11.7 Å². The standard InChI is InChI=1S/C23H23N3O4S/c1-15-12-17(31-23-24-10-5-11-25-23)7-8-18(15)26-21(27)9-6-16-13-19(28-2)22(30-4)20(14-16)29-3/h5-14H,1-4H3,(H,26,27)/b9-6+. The normalized spacial score (nSPS) is 10.7. The molecule has 7 nitrogen and oxygen atoms in total. The molecule has 0 bridgehead atoms. The lowest BCUT2D eigenvalue weighted by atomic mass is 10.1. The van der Waals surface area contributed by atoms with Crippen molar-refractivity contribution >= 4 is 29.4 Å². The van der Waals surface area contributed by atoms with Crippen LogP contribution in [0.25, 0.3) is 6.08 Å². The molecule has 31 heavy (non-hydrogen) atoms. The van der Waals surface area contributed by atoms with Gasteiger partial charge in [0.1, 0.15) is 0 Å². The van der Waals surface area contributed by atoms with Crippen molar-refractivity contribution in [3.05, 3.63) is 66.0 Å². The molecule has 8 heteroatoms. The number of hydrogen-bond acceptors (Lipinski definition) is 7. The third-order valence-corrected chi connectivity index (χ3v) is 5.20. The minimum Gasteiger partial charge on any atom is -0.493 e. The second kappa shape index (κ2) is 10.5. The van der Waals surface area contributed by atoms with E-state index < -0.39 is 0 Å². The number of methoxy groups -OCH3 is 3. The Morgan fingerprint density at radius 2 is 1.68 bits per heavy atom. The number of benzene rings is 2. The molecule has 0 saturated carbocycles. The van der Waals surface area contributed by atoms with E-state index in [1.807, 2.05) is 25.1 Å². The molecule has 1 N–H and O–H groups in total. The topological polar surface area (TPSA) is 82.6 Å². The van der Waals surface area contributed by atoms with Crippen LogP contribution in [-0.4, -0.2) is 37.2 Å². The monoisotopic (exact) mass is 437 g/mol. The van der Waals surface area contributed by atoms with E-state index in [0.717, 1.165) is 21.7 Å². The summed E-state index contributed by atoms with van der Waals surface area (Å²) in [6.45, 7) is 1.94. The predicted molar refractivity (Wildman–Crippen MR) is 121 cm³/mol. The molecule has 0 spiro atoms. The van der Waals surface area contributed by atoms with Crippen LogP contribution in [0.2, 0.25) is 0 Å². The first-order valence-corrected chi connectivity index (χ1v) is 10.2. The van der Waals surface area contributed by atoms with Gasteiger partial charge in [-0.15, -0.1) is 0 Å². The van der Waals surface area contributed by atoms with Crippen molar-refractivity contribution in [3.8, 4) is 17.2 Å². The number of carbonyl (C=O) groups is 1. The van der Waals surface area contributed by atoms with Crippen molar-refractivity contribution in [2.24, 2.45) is 0 Å². The summed E-state index contributed by atoms with van der Waals surface area (Å²) in [7, 11) is 4.64. The summed E-state index contributed by atoms with van der Waals surface area (Å²) in [6, 6.07) is 11.1. The van der Waals surface area contributed by atoms with Gasteiger partial charge in [0.25, 0.3) is 0 Å². The lowest BCUT2D eigenvalue weighted by Gasteiger charge is -2.12. The lowest BCUT2D eigenvalue weighted by Crippen LogP contribution is -2.09. The van der Waals surface area contributed by atoms with Crippen LogP contribution in [0.1, 0.15) is 11.1 Å². The Hall–Kier alpha value is -3.52. The first-order chi connectivity index (χ1) is 15.0. The minimum absolute atomic E-state index is 0.247. The zero-order valence-electron chi connectivity index (χ0n) is 17.7. The highest BCUT2D eigenvalue weighted by Crippen LogP contribution is 2.38. The van der Waals surface area contributed by atoms with Gasteiger partial charge in [-0.1, -0.05) is 0 Å². The van der Waals surface area contributed by atoms with E-state index in [9.17, 15) is 4.79 Å². The SMILES string of the molecule is COc1cc(/C=C/C(=O)Nc2ccc(Sc3ncccn3)cc2C)cc(OC)c1OC. The molecule has 1 heterocycles. The molecule has 0 aliphatic heterocycles. The van der Waals surface area contributed by atoms with Crippen LogP contribution < -0.4 is 19.5 Å². The van der Waals surface area contributed by atoms with Crippen molar-refractivity contribution < 1.29 is 19.0 Å². The summed E-state index contributed by atoms with van der Waals surface area (Å²) in [5, 5.41) is 3.57. The fourth-order valence-corrected chi connectivity index (χ4v) is 3.64. The molecular weight excluding hydrogens is 414 g/mol. The van der Waals surface area contributed by atoms with Gasteiger partial charge in [0.15, 0.2) is 16.7 Å². The van der Waals surface area contributed by atoms with E-state index in [0.29, 0.717) is 22.4 Å². The maximum absolute atomic E-state index is 12.4. The minimum atomic E-state index is -0.247. The number of aromatic nitrogens is 2. The number of nitrogens with zero attached hydrogens (tertiary/aromatic N) is 2. The summed E-state index contributed by atoms with van der Waals surface area (Å²) >= 11 is 1.46. The van der Waals surface area contributed by atoms with E-state index >= 15 is 0 Å². The third-order valence-electron chi connectivity index (χ3n) is 4.32. The van der Waals surface area contributed by atoms with Crippen LogP contribution in [0, 0.1) is 6.92 Å². The largest absolute Gasteiger partial charge is 0.493 e. The molecular formula is C23H23N3O4S. The molecule has 1 amide bonds. The van der Waals surface area contributed by atoms with Gasteiger partial charge >= 0.3 is 0 Å². The molecule has 0 aliphatic rings. The summed E-state index contributed by atoms with van der Waals surface area (Å²) in [5.41, 5.74) is 2.42. The number of amides is 1. The first-order valence-electron chi connectivity index (χ1n) is 9.38. The van der Waals surface area contributed by atoms with Crippen molar-refractivity contribution in [2.45, 2.75) is 17.0 Å². The molecule has 0 unspecified atom stereocenters. The lowest BCUT2D eigenvalue weighted by molar-refractivity contribution is -0.111. The number of rotatable bonds is 8. The molecule has 0 fully saturated rings. The number of aryl methyl sites for hydroxylation is 1. The van der Waals surface area contributed by atoms with Gasteiger partial charge in [0.05, 0.1) is 21.3 Å². The Kier molecular flexibility index (Phi) is 7.50. The average molecular weight is 438 g/mol. The molecule has 1 aromatic heterocycles. The van der Waals surface area contributed by atoms with Crippen LogP contribution in [0.4, 0.5) is 5.69 Å². The van der Waals surface area contributed by atoms with Crippen LogP contribution >= 0.6 is 11.8 Å². The highest BCUT2D eigenvalue weighted by Gasteiger charge is 2.12. The van der Waals surface area contributed by atoms with Gasteiger partial charge in [-0.3, -0.25) is 4.79 Å². The van der Waals surface area contributed by atoms with Gasteiger partial charge < -0.3 is 19.5 Å². The number of anilines is 1. The quantitative estimate of drug-likeness (QED) is 0.407. The van der Waals surface area contributed by atoms with Gasteiger partial charge in [0, 0.05) is 29.1 Å². The van der Waals surface area contributed by atoms with E-state index in [-0.39, 0.29) is 5.91 Å². The van der Waals surface area contributed by atoms with Crippen LogP contribution in [0.15, 0.2) is 64.9 Å². The fraction of sp³-hybridized carbons (Fsp3) is 0.174. The van der Waals surface area contributed by atoms with E-state index in [1.54, 1.807) is 58.0 Å². The molecule has 3 aromatic rings. The molecule has 0 atom stereocenters. The Balaban J connectivity index is 1.70. The Morgan fingerprint density at radius 1 is 1.00 bits per heavy atom. The first kappa shape index (κ1) is 22.2. The number of nitrogens with one attached hydrogen (secondary N) is 1. The average Bonchev–Trinajstić information content (AvgIpc) is 2.79. The molecule has 0 saturated heterocycles. The van der Waals surface area contributed by atoms with E-state index in [2.05, 4.69) is 15.3 Å². The third kappa shape index (κ3) is 5.76. The molecule has 3 rings (SSSR count). The van der Waals surface area contributed by atoms with Crippen molar-refractivity contribution in [2.75, 3.05) is 26.6 Å². The molecule has 2 aromatic carbocycles. The summed E-state index contributed by atoms with van der Waals surface area (Å²) < 4.78 is 16.0. The van der Waals surface area contributed by atoms with Crippen LogP contribution in [0.5, 0.6) is 17.2 Å². The summed E-state index contributed by atoms with van der Waals surface area (Å²) in [5.74, 6) is 1.30. The van der Waals surface area contributed by atoms with Gasteiger partial charge in [-0.25, -0.2) is 9.97 Å². The second-order valence-corrected chi connectivity index (χ2v) is 7.43. The zero-order chi connectivity index (χ0) is 22.2.